The van der Waals surface area contributed by atoms with Crippen molar-refractivity contribution in [1.29, 1.82) is 0 Å². The molecule has 0 amide bonds. The molecule has 0 saturated carbocycles. The topological polar surface area (TPSA) is 84.0 Å². The maximum absolute atomic E-state index is 14.0. The summed E-state index contributed by atoms with van der Waals surface area (Å²) < 4.78 is 40.1. The average molecular weight is 338 g/mol. The zero-order chi connectivity index (χ0) is 16.9. The zero-order valence-corrected chi connectivity index (χ0v) is 13.8. The Hall–Kier alpha value is -2.06. The monoisotopic (exact) mass is 338 g/mol. The fraction of sp³-hybridized carbons (Fsp3) is 0.333. The van der Waals surface area contributed by atoms with Crippen molar-refractivity contribution < 1.29 is 12.8 Å². The van der Waals surface area contributed by atoms with Crippen LogP contribution >= 0.6 is 0 Å². The van der Waals surface area contributed by atoms with Gasteiger partial charge < -0.3 is 5.32 Å². The van der Waals surface area contributed by atoms with Crippen LogP contribution in [0.25, 0.3) is 0 Å². The number of rotatable bonds is 7. The lowest BCUT2D eigenvalue weighted by Crippen LogP contribution is -2.23. The largest absolute Gasteiger partial charge is 0.363 e. The number of aryl methyl sites for hydroxylation is 1. The summed E-state index contributed by atoms with van der Waals surface area (Å²) in [6, 6.07) is 6.39. The SMILES string of the molecule is CCNS(=O)(=O)c1ccc(CNc2ncnc(CC)c2F)cc1. The molecule has 2 aromatic rings. The lowest BCUT2D eigenvalue weighted by Gasteiger charge is -2.09. The molecule has 0 aliphatic rings. The van der Waals surface area contributed by atoms with Crippen molar-refractivity contribution in [2.75, 3.05) is 11.9 Å². The Morgan fingerprint density at radius 2 is 1.83 bits per heavy atom. The van der Waals surface area contributed by atoms with Crippen LogP contribution in [0.5, 0.6) is 0 Å². The number of nitrogens with one attached hydrogen (secondary N) is 2. The zero-order valence-electron chi connectivity index (χ0n) is 13.0. The van der Waals surface area contributed by atoms with Gasteiger partial charge in [0, 0.05) is 13.1 Å². The number of hydrogen-bond donors (Lipinski definition) is 2. The number of halogens is 1. The van der Waals surface area contributed by atoms with Crippen molar-refractivity contribution in [1.82, 2.24) is 14.7 Å². The van der Waals surface area contributed by atoms with E-state index in [0.29, 0.717) is 25.2 Å². The Labute approximate surface area is 135 Å². The van der Waals surface area contributed by atoms with E-state index in [9.17, 15) is 12.8 Å². The molecule has 0 radical (unpaired) electrons. The van der Waals surface area contributed by atoms with Gasteiger partial charge in [0.1, 0.15) is 6.33 Å². The second-order valence-electron chi connectivity index (χ2n) is 4.84. The van der Waals surface area contributed by atoms with Crippen LogP contribution in [-0.2, 0) is 23.0 Å². The average Bonchev–Trinajstić information content (AvgIpc) is 2.54. The molecule has 0 bridgehead atoms. The standard InChI is InChI=1S/C15H19FN4O2S/c1-3-13-14(16)15(19-10-18-13)17-9-11-5-7-12(8-6-11)23(21,22)20-4-2/h5-8,10,20H,3-4,9H2,1-2H3,(H,17,18,19). The van der Waals surface area contributed by atoms with Gasteiger partial charge in [-0.3, -0.25) is 0 Å². The number of hydrogen-bond acceptors (Lipinski definition) is 5. The van der Waals surface area contributed by atoms with Crippen LogP contribution < -0.4 is 10.0 Å². The highest BCUT2D eigenvalue weighted by Gasteiger charge is 2.12. The van der Waals surface area contributed by atoms with E-state index in [2.05, 4.69) is 20.0 Å². The third-order valence-corrected chi connectivity index (χ3v) is 4.79. The molecule has 0 aliphatic carbocycles. The van der Waals surface area contributed by atoms with Crippen molar-refractivity contribution in [2.24, 2.45) is 0 Å². The lowest BCUT2D eigenvalue weighted by molar-refractivity contribution is 0.584. The predicted molar refractivity (Wildman–Crippen MR) is 86.0 cm³/mol. The van der Waals surface area contributed by atoms with Crippen LogP contribution in [0.1, 0.15) is 25.1 Å². The van der Waals surface area contributed by atoms with Gasteiger partial charge in [-0.1, -0.05) is 26.0 Å². The number of sulfonamides is 1. The number of nitrogens with zero attached hydrogens (tertiary/aromatic N) is 2. The van der Waals surface area contributed by atoms with Gasteiger partial charge >= 0.3 is 0 Å². The highest BCUT2D eigenvalue weighted by molar-refractivity contribution is 7.89. The molecule has 1 aromatic heterocycles. The Bertz CT molecular complexity index is 764. The summed E-state index contributed by atoms with van der Waals surface area (Å²) in [7, 11) is -3.46. The van der Waals surface area contributed by atoms with Crippen molar-refractivity contribution in [2.45, 2.75) is 31.7 Å². The van der Waals surface area contributed by atoms with Crippen LogP contribution in [0, 0.1) is 5.82 Å². The molecular weight excluding hydrogens is 319 g/mol. The third-order valence-electron chi connectivity index (χ3n) is 3.22. The van der Waals surface area contributed by atoms with Gasteiger partial charge in [0.25, 0.3) is 0 Å². The molecule has 0 atom stereocenters. The van der Waals surface area contributed by atoms with E-state index in [1.807, 2.05) is 6.92 Å². The predicted octanol–water partition coefficient (Wildman–Crippen LogP) is 2.09. The summed E-state index contributed by atoms with van der Waals surface area (Å²) in [4.78, 5) is 7.95. The molecule has 0 saturated heterocycles. The summed E-state index contributed by atoms with van der Waals surface area (Å²) in [5.41, 5.74) is 1.17. The van der Waals surface area contributed by atoms with Gasteiger partial charge in [-0.25, -0.2) is 27.5 Å². The second-order valence-corrected chi connectivity index (χ2v) is 6.60. The molecule has 23 heavy (non-hydrogen) atoms. The van der Waals surface area contributed by atoms with Gasteiger partial charge in [0.15, 0.2) is 11.6 Å². The van der Waals surface area contributed by atoms with E-state index in [4.69, 9.17) is 0 Å². The van der Waals surface area contributed by atoms with Gasteiger partial charge in [-0.15, -0.1) is 0 Å². The molecular formula is C15H19FN4O2S. The molecule has 2 rings (SSSR count). The first-order chi connectivity index (χ1) is 11.0. The van der Waals surface area contributed by atoms with E-state index in [1.165, 1.54) is 18.5 Å². The molecule has 124 valence electrons. The second kappa shape index (κ2) is 7.47. The third kappa shape index (κ3) is 4.23. The number of benzene rings is 1. The summed E-state index contributed by atoms with van der Waals surface area (Å²) >= 11 is 0. The van der Waals surface area contributed by atoms with Crippen molar-refractivity contribution >= 4 is 15.8 Å². The summed E-state index contributed by atoms with van der Waals surface area (Å²) in [5.74, 6) is -0.317. The van der Waals surface area contributed by atoms with Crippen molar-refractivity contribution in [3.63, 3.8) is 0 Å². The van der Waals surface area contributed by atoms with Crippen LogP contribution in [0.2, 0.25) is 0 Å². The van der Waals surface area contributed by atoms with E-state index >= 15 is 0 Å². The molecule has 0 fully saturated rings. The van der Waals surface area contributed by atoms with Gasteiger partial charge in [0.05, 0.1) is 10.6 Å². The highest BCUT2D eigenvalue weighted by atomic mass is 32.2. The minimum Gasteiger partial charge on any atom is -0.363 e. The summed E-state index contributed by atoms with van der Waals surface area (Å²) in [6.07, 6.45) is 1.80. The van der Waals surface area contributed by atoms with E-state index in [1.54, 1.807) is 19.1 Å². The summed E-state index contributed by atoms with van der Waals surface area (Å²) in [6.45, 7) is 4.20. The first kappa shape index (κ1) is 17.3. The molecule has 0 spiro atoms. The summed E-state index contributed by atoms with van der Waals surface area (Å²) in [5, 5.41) is 2.90. The van der Waals surface area contributed by atoms with Crippen molar-refractivity contribution in [3.05, 3.63) is 47.7 Å². The quantitative estimate of drug-likeness (QED) is 0.807. The Morgan fingerprint density at radius 1 is 1.13 bits per heavy atom. The highest BCUT2D eigenvalue weighted by Crippen LogP contribution is 2.15. The molecule has 0 unspecified atom stereocenters. The normalized spacial score (nSPS) is 11.4. The number of anilines is 1. The molecule has 0 aliphatic heterocycles. The van der Waals surface area contributed by atoms with E-state index < -0.39 is 15.8 Å². The van der Waals surface area contributed by atoms with Crippen LogP contribution in [0.3, 0.4) is 0 Å². The molecule has 6 nitrogen and oxygen atoms in total. The number of aromatic nitrogens is 2. The lowest BCUT2D eigenvalue weighted by atomic mass is 10.2. The molecule has 1 aromatic carbocycles. The molecule has 8 heteroatoms. The van der Waals surface area contributed by atoms with Gasteiger partial charge in [-0.05, 0) is 24.1 Å². The van der Waals surface area contributed by atoms with Crippen LogP contribution in [0.15, 0.2) is 35.5 Å². The first-order valence-corrected chi connectivity index (χ1v) is 8.78. The minimum absolute atomic E-state index is 0.140. The van der Waals surface area contributed by atoms with Gasteiger partial charge in [-0.2, -0.15) is 0 Å². The van der Waals surface area contributed by atoms with Gasteiger partial charge in [0.2, 0.25) is 10.0 Å². The van der Waals surface area contributed by atoms with E-state index in [0.717, 1.165) is 5.56 Å². The smallest absolute Gasteiger partial charge is 0.240 e. The maximum Gasteiger partial charge on any atom is 0.240 e. The van der Waals surface area contributed by atoms with Crippen LogP contribution in [0.4, 0.5) is 10.2 Å². The van der Waals surface area contributed by atoms with Crippen LogP contribution in [-0.4, -0.2) is 24.9 Å². The van der Waals surface area contributed by atoms with Crippen molar-refractivity contribution in [3.8, 4) is 0 Å². The fourth-order valence-corrected chi connectivity index (χ4v) is 3.06. The first-order valence-electron chi connectivity index (χ1n) is 7.29. The Morgan fingerprint density at radius 3 is 2.43 bits per heavy atom. The fourth-order valence-electron chi connectivity index (χ4n) is 2.02. The minimum atomic E-state index is -3.46. The molecule has 2 N–H and O–H groups in total. The maximum atomic E-state index is 14.0. The molecule has 1 heterocycles. The van der Waals surface area contributed by atoms with E-state index in [-0.39, 0.29) is 10.7 Å². The Balaban J connectivity index is 2.08. The Kier molecular flexibility index (Phi) is 5.62.